The number of rotatable bonds is 5. The fourth-order valence-corrected chi connectivity index (χ4v) is 2.45. The number of hydrogen-bond acceptors (Lipinski definition) is 7. The largest absolute Gasteiger partial charge is 0.493 e. The van der Waals surface area contributed by atoms with E-state index in [4.69, 9.17) is 14.2 Å². The normalized spacial score (nSPS) is 10.6. The minimum absolute atomic E-state index is 0.141. The Hall–Kier alpha value is -3.36. The van der Waals surface area contributed by atoms with Crippen molar-refractivity contribution in [1.29, 1.82) is 0 Å². The van der Waals surface area contributed by atoms with Gasteiger partial charge >= 0.3 is 0 Å². The first-order valence-corrected chi connectivity index (χ1v) is 7.33. The van der Waals surface area contributed by atoms with Crippen LogP contribution in [0.5, 0.6) is 17.2 Å². The van der Waals surface area contributed by atoms with Crippen LogP contribution in [0.25, 0.3) is 10.9 Å². The lowest BCUT2D eigenvalue weighted by Crippen LogP contribution is -2.14. The number of methoxy groups -OCH3 is 3. The van der Waals surface area contributed by atoms with Gasteiger partial charge in [-0.25, -0.2) is 0 Å². The fourth-order valence-electron chi connectivity index (χ4n) is 2.45. The first-order chi connectivity index (χ1) is 12.1. The summed E-state index contributed by atoms with van der Waals surface area (Å²) < 4.78 is 17.7. The molecule has 0 atom stereocenters. The molecule has 0 fully saturated rings. The molecule has 3 rings (SSSR count). The predicted octanol–water partition coefficient (Wildman–Crippen LogP) is 1.64. The molecule has 0 bridgehead atoms. The molecule has 25 heavy (non-hydrogen) atoms. The van der Waals surface area contributed by atoms with E-state index in [1.165, 1.54) is 21.3 Å². The van der Waals surface area contributed by atoms with E-state index in [-0.39, 0.29) is 5.69 Å². The number of fused-ring (bicyclic) bond motifs is 1. The fraction of sp³-hybridized carbons (Fsp3) is 0.250. The van der Waals surface area contributed by atoms with E-state index >= 15 is 0 Å². The van der Waals surface area contributed by atoms with E-state index in [0.717, 1.165) is 0 Å². The molecule has 0 unspecified atom stereocenters. The molecular weight excluding hydrogens is 326 g/mol. The van der Waals surface area contributed by atoms with Crippen LogP contribution in [-0.2, 0) is 7.05 Å². The number of aromatic nitrogens is 4. The molecule has 130 valence electrons. The second-order valence-corrected chi connectivity index (χ2v) is 5.16. The van der Waals surface area contributed by atoms with Gasteiger partial charge in [-0.05, 0) is 6.07 Å². The van der Waals surface area contributed by atoms with Crippen LogP contribution in [0.4, 0.5) is 5.69 Å². The molecule has 2 heterocycles. The summed E-state index contributed by atoms with van der Waals surface area (Å²) in [6.07, 6.45) is 3.22. The van der Waals surface area contributed by atoms with Gasteiger partial charge in [0.1, 0.15) is 5.52 Å². The Morgan fingerprint density at radius 2 is 1.84 bits per heavy atom. The molecule has 1 aromatic carbocycles. The molecule has 0 saturated carbocycles. The first kappa shape index (κ1) is 16.5. The Morgan fingerprint density at radius 1 is 1.08 bits per heavy atom. The van der Waals surface area contributed by atoms with Crippen molar-refractivity contribution in [3.05, 3.63) is 30.2 Å². The summed E-state index contributed by atoms with van der Waals surface area (Å²) in [5, 5.41) is 15.4. The summed E-state index contributed by atoms with van der Waals surface area (Å²) in [6, 6.07) is 3.27. The van der Waals surface area contributed by atoms with E-state index in [1.54, 1.807) is 36.3 Å². The molecular formula is C16H17N5O4. The molecule has 0 aliphatic rings. The van der Waals surface area contributed by atoms with Gasteiger partial charge in [0, 0.05) is 19.3 Å². The van der Waals surface area contributed by atoms with E-state index < -0.39 is 5.91 Å². The van der Waals surface area contributed by atoms with Crippen molar-refractivity contribution >= 4 is 22.5 Å². The number of hydrogen-bond donors (Lipinski definition) is 1. The third-order valence-electron chi connectivity index (χ3n) is 3.59. The van der Waals surface area contributed by atoms with Gasteiger partial charge in [-0.2, -0.15) is 5.10 Å². The summed E-state index contributed by atoms with van der Waals surface area (Å²) in [5.74, 6) is 0.902. The van der Waals surface area contributed by atoms with E-state index in [9.17, 15) is 4.79 Å². The number of benzene rings is 1. The van der Waals surface area contributed by atoms with Gasteiger partial charge < -0.3 is 19.5 Å². The van der Waals surface area contributed by atoms with Crippen molar-refractivity contribution in [1.82, 2.24) is 20.0 Å². The average Bonchev–Trinajstić information content (AvgIpc) is 3.03. The predicted molar refractivity (Wildman–Crippen MR) is 90.4 cm³/mol. The second-order valence-electron chi connectivity index (χ2n) is 5.16. The molecule has 9 heteroatoms. The Kier molecular flexibility index (Phi) is 4.38. The molecule has 0 aliphatic heterocycles. The Balaban J connectivity index is 2.05. The summed E-state index contributed by atoms with van der Waals surface area (Å²) in [7, 11) is 6.30. The van der Waals surface area contributed by atoms with E-state index in [1.807, 2.05) is 0 Å². The van der Waals surface area contributed by atoms with Gasteiger partial charge in [0.15, 0.2) is 17.2 Å². The van der Waals surface area contributed by atoms with Gasteiger partial charge in [0.05, 0.1) is 38.6 Å². The maximum atomic E-state index is 12.4. The number of nitrogens with zero attached hydrogens (tertiary/aromatic N) is 4. The molecule has 0 saturated heterocycles. The zero-order valence-electron chi connectivity index (χ0n) is 14.2. The number of anilines is 1. The summed E-state index contributed by atoms with van der Waals surface area (Å²) in [6.45, 7) is 0. The van der Waals surface area contributed by atoms with Crippen molar-refractivity contribution < 1.29 is 19.0 Å². The highest BCUT2D eigenvalue weighted by Gasteiger charge is 2.19. The average molecular weight is 343 g/mol. The lowest BCUT2D eigenvalue weighted by atomic mass is 10.1. The van der Waals surface area contributed by atoms with Crippen molar-refractivity contribution in [2.75, 3.05) is 26.6 Å². The highest BCUT2D eigenvalue weighted by atomic mass is 16.5. The molecule has 9 nitrogen and oxygen atoms in total. The topological polar surface area (TPSA) is 100 Å². The zero-order chi connectivity index (χ0) is 18.0. The molecule has 3 aromatic rings. The van der Waals surface area contributed by atoms with E-state index in [0.29, 0.717) is 33.8 Å². The second kappa shape index (κ2) is 6.63. The lowest BCUT2D eigenvalue weighted by Gasteiger charge is -2.14. The number of carbonyl (C=O) groups is 1. The third-order valence-corrected chi connectivity index (χ3v) is 3.59. The highest BCUT2D eigenvalue weighted by Crippen LogP contribution is 2.42. The van der Waals surface area contributed by atoms with Crippen LogP contribution in [0.1, 0.15) is 10.5 Å². The van der Waals surface area contributed by atoms with Crippen molar-refractivity contribution in [2.24, 2.45) is 7.05 Å². The Bertz CT molecular complexity index is 938. The smallest absolute Gasteiger partial charge is 0.276 e. The van der Waals surface area contributed by atoms with Crippen LogP contribution in [0.3, 0.4) is 0 Å². The first-order valence-electron chi connectivity index (χ1n) is 7.33. The Morgan fingerprint density at radius 3 is 2.44 bits per heavy atom. The number of ether oxygens (including phenoxy) is 3. The van der Waals surface area contributed by atoms with Crippen LogP contribution in [-0.4, -0.2) is 47.2 Å². The summed E-state index contributed by atoms with van der Waals surface area (Å²) in [5.41, 5.74) is 1.22. The SMILES string of the molecule is COc1cc2nnc(C(=O)Nc3cnn(C)c3)cc2c(OC)c1OC. The molecule has 1 amide bonds. The monoisotopic (exact) mass is 343 g/mol. The summed E-state index contributed by atoms with van der Waals surface area (Å²) >= 11 is 0. The standard InChI is InChI=1S/C16H17N5O4/c1-21-8-9(7-17-21)18-16(22)12-5-10-11(19-20-12)6-13(23-2)15(25-4)14(10)24-3/h5-8H,1-4H3,(H,18,22). The van der Waals surface area contributed by atoms with Gasteiger partial charge in [-0.15, -0.1) is 10.2 Å². The van der Waals surface area contributed by atoms with Crippen LogP contribution < -0.4 is 19.5 Å². The van der Waals surface area contributed by atoms with Crippen molar-refractivity contribution in [3.8, 4) is 17.2 Å². The maximum Gasteiger partial charge on any atom is 0.276 e. The van der Waals surface area contributed by atoms with Gasteiger partial charge in [0.2, 0.25) is 5.75 Å². The minimum atomic E-state index is -0.403. The molecule has 1 N–H and O–H groups in total. The number of amides is 1. The quantitative estimate of drug-likeness (QED) is 0.751. The summed E-state index contributed by atoms with van der Waals surface area (Å²) in [4.78, 5) is 12.4. The molecule has 0 radical (unpaired) electrons. The van der Waals surface area contributed by atoms with Crippen LogP contribution >= 0.6 is 0 Å². The number of carbonyl (C=O) groups excluding carboxylic acids is 1. The lowest BCUT2D eigenvalue weighted by molar-refractivity contribution is 0.102. The molecule has 0 spiro atoms. The van der Waals surface area contributed by atoms with E-state index in [2.05, 4.69) is 20.6 Å². The van der Waals surface area contributed by atoms with Gasteiger partial charge in [0.25, 0.3) is 5.91 Å². The molecule has 0 aliphatic carbocycles. The van der Waals surface area contributed by atoms with Crippen LogP contribution in [0, 0.1) is 0 Å². The van der Waals surface area contributed by atoms with Crippen LogP contribution in [0.2, 0.25) is 0 Å². The van der Waals surface area contributed by atoms with Crippen molar-refractivity contribution in [2.45, 2.75) is 0 Å². The third kappa shape index (κ3) is 3.03. The number of aryl methyl sites for hydroxylation is 1. The zero-order valence-corrected chi connectivity index (χ0v) is 14.2. The van der Waals surface area contributed by atoms with Crippen molar-refractivity contribution in [3.63, 3.8) is 0 Å². The Labute approximate surface area is 143 Å². The van der Waals surface area contributed by atoms with Crippen LogP contribution in [0.15, 0.2) is 24.5 Å². The maximum absolute atomic E-state index is 12.4. The highest BCUT2D eigenvalue weighted by molar-refractivity contribution is 6.05. The van der Waals surface area contributed by atoms with Gasteiger partial charge in [-0.1, -0.05) is 0 Å². The molecule has 2 aromatic heterocycles. The number of nitrogens with one attached hydrogen (secondary N) is 1. The van der Waals surface area contributed by atoms with Gasteiger partial charge in [-0.3, -0.25) is 9.48 Å². The minimum Gasteiger partial charge on any atom is -0.493 e.